The van der Waals surface area contributed by atoms with Crippen LogP contribution in [0.5, 0.6) is 0 Å². The zero-order valence-electron chi connectivity index (χ0n) is 22.7. The molecule has 2 unspecified atom stereocenters. The van der Waals surface area contributed by atoms with E-state index in [0.717, 1.165) is 64.1 Å². The molecule has 3 aliphatic rings. The number of carbonyl (C=O) groups is 2. The van der Waals surface area contributed by atoms with Gasteiger partial charge >= 0.3 is 0 Å². The molecule has 208 valence electrons. The van der Waals surface area contributed by atoms with Gasteiger partial charge in [0.05, 0.1) is 6.04 Å². The van der Waals surface area contributed by atoms with Crippen molar-refractivity contribution in [1.29, 1.82) is 0 Å². The summed E-state index contributed by atoms with van der Waals surface area (Å²) in [6, 6.07) is 16.7. The van der Waals surface area contributed by atoms with Crippen LogP contribution in [0.1, 0.15) is 56.1 Å². The smallest absolute Gasteiger partial charge is 0.289 e. The normalized spacial score (nSPS) is 23.4. The van der Waals surface area contributed by atoms with Crippen molar-refractivity contribution < 1.29 is 18.7 Å². The van der Waals surface area contributed by atoms with Crippen LogP contribution in [0.15, 0.2) is 60.4 Å². The van der Waals surface area contributed by atoms with Gasteiger partial charge in [0.15, 0.2) is 5.76 Å². The minimum atomic E-state index is -0.365. The van der Waals surface area contributed by atoms with Crippen LogP contribution < -0.4 is 5.32 Å². The van der Waals surface area contributed by atoms with Gasteiger partial charge in [-0.3, -0.25) is 9.59 Å². The van der Waals surface area contributed by atoms with Crippen LogP contribution in [0.2, 0.25) is 0 Å². The van der Waals surface area contributed by atoms with Crippen molar-refractivity contribution in [2.24, 2.45) is 5.92 Å². The summed E-state index contributed by atoms with van der Waals surface area (Å²) in [6.45, 7) is 3.81. The molecule has 3 fully saturated rings. The zero-order chi connectivity index (χ0) is 27.0. The minimum Gasteiger partial charge on any atom is -0.482 e. The van der Waals surface area contributed by atoms with Crippen molar-refractivity contribution in [3.05, 3.63) is 77.3 Å². The van der Waals surface area contributed by atoms with Crippen molar-refractivity contribution in [3.63, 3.8) is 0 Å². The fourth-order valence-electron chi connectivity index (χ4n) is 6.21. The van der Waals surface area contributed by atoms with Gasteiger partial charge in [0.25, 0.3) is 5.91 Å². The second-order valence-electron chi connectivity index (χ2n) is 11.2. The number of morpholine rings is 1. The van der Waals surface area contributed by atoms with Crippen molar-refractivity contribution in [3.8, 4) is 0 Å². The highest BCUT2D eigenvalue weighted by molar-refractivity contribution is 5.98. The molecule has 1 N–H and O–H groups in total. The summed E-state index contributed by atoms with van der Waals surface area (Å²) in [4.78, 5) is 30.4. The predicted molar refractivity (Wildman–Crippen MR) is 150 cm³/mol. The van der Waals surface area contributed by atoms with Crippen molar-refractivity contribution >= 4 is 17.9 Å². The third-order valence-corrected chi connectivity index (χ3v) is 8.33. The second-order valence-corrected chi connectivity index (χ2v) is 11.2. The van der Waals surface area contributed by atoms with Crippen LogP contribution in [0, 0.1) is 11.7 Å². The molecule has 39 heavy (non-hydrogen) atoms. The van der Waals surface area contributed by atoms with E-state index in [1.807, 2.05) is 0 Å². The number of nitrogens with one attached hydrogen (secondary N) is 1. The van der Waals surface area contributed by atoms with Gasteiger partial charge < -0.3 is 19.9 Å². The highest BCUT2D eigenvalue weighted by Gasteiger charge is 2.42. The molecule has 1 saturated carbocycles. The third-order valence-electron chi connectivity index (χ3n) is 8.33. The molecule has 0 aromatic heterocycles. The quantitative estimate of drug-likeness (QED) is 0.372. The van der Waals surface area contributed by atoms with E-state index in [-0.39, 0.29) is 42.1 Å². The van der Waals surface area contributed by atoms with Crippen molar-refractivity contribution in [2.45, 2.75) is 63.5 Å². The molecule has 2 saturated heterocycles. The summed E-state index contributed by atoms with van der Waals surface area (Å²) in [5, 5.41) is 3.03. The highest BCUT2D eigenvalue weighted by Crippen LogP contribution is 2.33. The number of rotatable bonds is 9. The summed E-state index contributed by atoms with van der Waals surface area (Å²) in [5.74, 6) is 0.137. The lowest BCUT2D eigenvalue weighted by Gasteiger charge is -2.44. The molecule has 2 aromatic carbocycles. The number of nitrogens with zero attached hydrogens (tertiary/aromatic N) is 2. The first-order valence-electron chi connectivity index (χ1n) is 14.5. The molecule has 1 aliphatic carbocycles. The van der Waals surface area contributed by atoms with Gasteiger partial charge in [-0.2, -0.15) is 0 Å². The number of hydrogen-bond donors (Lipinski definition) is 1. The first-order valence-corrected chi connectivity index (χ1v) is 14.5. The number of ether oxygens (including phenoxy) is 1. The van der Waals surface area contributed by atoms with E-state index in [9.17, 15) is 14.0 Å². The summed E-state index contributed by atoms with van der Waals surface area (Å²) < 4.78 is 19.8. The number of halogens is 1. The molecule has 2 aliphatic heterocycles. The molecule has 5 rings (SSSR count). The summed E-state index contributed by atoms with van der Waals surface area (Å²) in [7, 11) is 0. The van der Waals surface area contributed by atoms with Crippen LogP contribution in [-0.2, 0) is 20.7 Å². The van der Waals surface area contributed by atoms with E-state index in [4.69, 9.17) is 4.74 Å². The van der Waals surface area contributed by atoms with Crippen molar-refractivity contribution in [1.82, 2.24) is 15.1 Å². The molecule has 2 heterocycles. The molecule has 2 amide bonds. The number of benzene rings is 2. The van der Waals surface area contributed by atoms with E-state index in [1.165, 1.54) is 30.5 Å². The molecule has 0 spiro atoms. The Balaban J connectivity index is 1.08. The average Bonchev–Trinajstić information content (AvgIpc) is 2.95. The fraction of sp³-hybridized carbons (Fsp3) is 0.500. The maximum atomic E-state index is 13.7. The number of carbonyl (C=O) groups excluding carboxylic acids is 2. The number of piperidine rings is 1. The van der Waals surface area contributed by atoms with Gasteiger partial charge in [0.2, 0.25) is 5.91 Å². The Bertz CT molecular complexity index is 1150. The lowest BCUT2D eigenvalue weighted by molar-refractivity contribution is -0.151. The standard InChI is InChI=1S/C32H40FN3O3/c33-27-11-6-10-26(21-27)22-30-32(38)36(28-12-4-5-13-29(28)39-30)23-31(37)34-16-7-17-35-18-14-25(15-19-35)20-24-8-2-1-3-9-24/h1-3,6,8-11,21-22,25,28-29H,4-5,7,12-20,23H2,(H,34,37)/b30-22+. The lowest BCUT2D eigenvalue weighted by Crippen LogP contribution is -2.57. The second kappa shape index (κ2) is 13.2. The SMILES string of the molecule is O=C(CN1C(=O)/C(=C\c2cccc(F)c2)OC2CCCCC21)NCCCN1CCC(Cc2ccccc2)CC1. The van der Waals surface area contributed by atoms with Gasteiger partial charge in [0, 0.05) is 6.54 Å². The maximum absolute atomic E-state index is 13.7. The predicted octanol–water partition coefficient (Wildman–Crippen LogP) is 4.80. The van der Waals surface area contributed by atoms with Crippen LogP contribution >= 0.6 is 0 Å². The van der Waals surface area contributed by atoms with Crippen LogP contribution in [0.3, 0.4) is 0 Å². The van der Waals surface area contributed by atoms with E-state index in [2.05, 4.69) is 40.5 Å². The minimum absolute atomic E-state index is 0.0226. The lowest BCUT2D eigenvalue weighted by atomic mass is 9.89. The molecule has 2 atom stereocenters. The topological polar surface area (TPSA) is 61.9 Å². The average molecular weight is 534 g/mol. The molecule has 2 aromatic rings. The van der Waals surface area contributed by atoms with Crippen LogP contribution in [0.4, 0.5) is 4.39 Å². The Labute approximate surface area is 231 Å². The van der Waals surface area contributed by atoms with E-state index < -0.39 is 0 Å². The number of likely N-dealkylation sites (tertiary alicyclic amines) is 1. The first-order chi connectivity index (χ1) is 19.0. The Hall–Kier alpha value is -3.19. The Morgan fingerprint density at radius 1 is 1.03 bits per heavy atom. The maximum Gasteiger partial charge on any atom is 0.289 e. The van der Waals surface area contributed by atoms with Gasteiger partial charge in [-0.1, -0.05) is 48.9 Å². The summed E-state index contributed by atoms with van der Waals surface area (Å²) in [6.07, 6.45) is 9.67. The Kier molecular flexibility index (Phi) is 9.30. The van der Waals surface area contributed by atoms with E-state index >= 15 is 0 Å². The summed E-state index contributed by atoms with van der Waals surface area (Å²) in [5.41, 5.74) is 2.00. The highest BCUT2D eigenvalue weighted by atomic mass is 19.1. The number of hydrogen-bond acceptors (Lipinski definition) is 4. The van der Waals surface area contributed by atoms with Crippen LogP contribution in [0.25, 0.3) is 6.08 Å². The van der Waals surface area contributed by atoms with Gasteiger partial charge in [0.1, 0.15) is 18.5 Å². The van der Waals surface area contributed by atoms with Gasteiger partial charge in [-0.15, -0.1) is 0 Å². The third kappa shape index (κ3) is 7.47. The molecular weight excluding hydrogens is 493 g/mol. The number of fused-ring (bicyclic) bond motifs is 1. The van der Waals surface area contributed by atoms with Gasteiger partial charge in [-0.05, 0) is 99.8 Å². The fourth-order valence-corrected chi connectivity index (χ4v) is 6.21. The molecule has 7 heteroatoms. The molecule has 0 bridgehead atoms. The largest absolute Gasteiger partial charge is 0.482 e. The molecular formula is C32H40FN3O3. The molecule has 0 radical (unpaired) electrons. The van der Waals surface area contributed by atoms with Gasteiger partial charge in [-0.25, -0.2) is 4.39 Å². The first kappa shape index (κ1) is 27.4. The van der Waals surface area contributed by atoms with E-state index in [1.54, 1.807) is 23.1 Å². The van der Waals surface area contributed by atoms with Crippen LogP contribution in [-0.4, -0.2) is 66.5 Å². The monoisotopic (exact) mass is 533 g/mol. The zero-order valence-corrected chi connectivity index (χ0v) is 22.7. The van der Waals surface area contributed by atoms with E-state index in [0.29, 0.717) is 12.1 Å². The Morgan fingerprint density at radius 2 is 1.82 bits per heavy atom. The Morgan fingerprint density at radius 3 is 2.62 bits per heavy atom. The number of amides is 2. The summed E-state index contributed by atoms with van der Waals surface area (Å²) >= 11 is 0. The van der Waals surface area contributed by atoms with Crippen molar-refractivity contribution in [2.75, 3.05) is 32.7 Å². The molecule has 6 nitrogen and oxygen atoms in total.